The lowest BCUT2D eigenvalue weighted by Gasteiger charge is -2.15. The van der Waals surface area contributed by atoms with Crippen molar-refractivity contribution in [3.8, 4) is 5.69 Å². The maximum absolute atomic E-state index is 13.5. The number of nitrogens with one attached hydrogen (secondary N) is 1. The molecule has 4 rings (SSSR count). The molecular formula is C28H32N4O2. The van der Waals surface area contributed by atoms with Crippen LogP contribution in [0.15, 0.2) is 53.3 Å². The molecule has 0 spiro atoms. The Hall–Kier alpha value is -3.67. The van der Waals surface area contributed by atoms with E-state index in [0.29, 0.717) is 18.5 Å². The molecule has 0 atom stereocenters. The molecule has 6 nitrogen and oxygen atoms in total. The summed E-state index contributed by atoms with van der Waals surface area (Å²) < 4.78 is 3.65. The fourth-order valence-electron chi connectivity index (χ4n) is 4.63. The summed E-state index contributed by atoms with van der Waals surface area (Å²) in [6.07, 6.45) is 1.54. The van der Waals surface area contributed by atoms with Crippen molar-refractivity contribution in [2.24, 2.45) is 0 Å². The number of aromatic nitrogens is 3. The van der Waals surface area contributed by atoms with Gasteiger partial charge in [-0.3, -0.25) is 14.2 Å². The van der Waals surface area contributed by atoms with Crippen LogP contribution in [0.4, 0.5) is 5.69 Å². The van der Waals surface area contributed by atoms with Crippen molar-refractivity contribution in [2.45, 2.75) is 60.4 Å². The van der Waals surface area contributed by atoms with E-state index in [0.717, 1.165) is 45.6 Å². The smallest absolute Gasteiger partial charge is 0.255 e. The van der Waals surface area contributed by atoms with Crippen LogP contribution in [0.5, 0.6) is 0 Å². The normalized spacial score (nSPS) is 11.2. The topological polar surface area (TPSA) is 68.9 Å². The Morgan fingerprint density at radius 3 is 2.50 bits per heavy atom. The maximum atomic E-state index is 13.5. The first-order valence-corrected chi connectivity index (χ1v) is 11.9. The number of carbonyl (C=O) groups excluding carboxylic acids is 1. The molecule has 0 saturated heterocycles. The second-order valence-corrected chi connectivity index (χ2v) is 8.79. The van der Waals surface area contributed by atoms with Gasteiger partial charge in [-0.05, 0) is 81.5 Å². The van der Waals surface area contributed by atoms with Crippen LogP contribution >= 0.6 is 0 Å². The molecule has 176 valence electrons. The minimum Gasteiger partial charge on any atom is -0.326 e. The molecular weight excluding hydrogens is 424 g/mol. The molecule has 6 heteroatoms. The van der Waals surface area contributed by atoms with Gasteiger partial charge in [-0.2, -0.15) is 5.10 Å². The molecule has 2 aromatic heterocycles. The van der Waals surface area contributed by atoms with Gasteiger partial charge in [0.25, 0.3) is 5.56 Å². The summed E-state index contributed by atoms with van der Waals surface area (Å²) in [5, 5.41) is 8.75. The van der Waals surface area contributed by atoms with E-state index in [4.69, 9.17) is 5.10 Å². The third-order valence-electron chi connectivity index (χ3n) is 6.41. The monoisotopic (exact) mass is 456 g/mol. The average molecular weight is 457 g/mol. The van der Waals surface area contributed by atoms with Crippen molar-refractivity contribution in [3.63, 3.8) is 0 Å². The van der Waals surface area contributed by atoms with Crippen LogP contribution in [0.3, 0.4) is 0 Å². The third-order valence-corrected chi connectivity index (χ3v) is 6.41. The van der Waals surface area contributed by atoms with Crippen molar-refractivity contribution in [1.29, 1.82) is 0 Å². The number of amides is 1. The molecule has 0 radical (unpaired) electrons. The molecule has 0 saturated carbocycles. The van der Waals surface area contributed by atoms with Crippen molar-refractivity contribution in [1.82, 2.24) is 14.3 Å². The van der Waals surface area contributed by atoms with Crippen molar-refractivity contribution in [2.75, 3.05) is 5.32 Å². The molecule has 0 aliphatic rings. The SMILES string of the molecule is CCc1cccc(NC(=O)CCc2c(C)c3c(C)nn(-c4cccc(C)c4)c3n(CC)c2=O)c1. The van der Waals surface area contributed by atoms with E-state index in [1.165, 1.54) is 5.56 Å². The molecule has 1 N–H and O–H groups in total. The largest absolute Gasteiger partial charge is 0.326 e. The first-order valence-electron chi connectivity index (χ1n) is 11.9. The molecule has 34 heavy (non-hydrogen) atoms. The minimum atomic E-state index is -0.0950. The van der Waals surface area contributed by atoms with Crippen LogP contribution in [0.2, 0.25) is 0 Å². The van der Waals surface area contributed by atoms with Crippen LogP contribution in [0, 0.1) is 20.8 Å². The summed E-state index contributed by atoms with van der Waals surface area (Å²) in [6.45, 7) is 10.6. The summed E-state index contributed by atoms with van der Waals surface area (Å²) in [5.41, 5.74) is 7.23. The number of hydrogen-bond acceptors (Lipinski definition) is 3. The van der Waals surface area contributed by atoms with Gasteiger partial charge in [0, 0.05) is 29.6 Å². The molecule has 0 aliphatic carbocycles. The van der Waals surface area contributed by atoms with Gasteiger partial charge in [0.2, 0.25) is 5.91 Å². The van der Waals surface area contributed by atoms with Gasteiger partial charge >= 0.3 is 0 Å². The van der Waals surface area contributed by atoms with Crippen LogP contribution in [-0.4, -0.2) is 20.3 Å². The Kier molecular flexibility index (Phi) is 6.68. The zero-order chi connectivity index (χ0) is 24.4. The number of benzene rings is 2. The van der Waals surface area contributed by atoms with E-state index < -0.39 is 0 Å². The summed E-state index contributed by atoms with van der Waals surface area (Å²) in [6, 6.07) is 16.0. The standard InChI is InChI=1S/C28H32N4O2/c1-6-21-11-9-12-22(17-21)29-25(33)15-14-24-19(4)26-20(5)30-32(23-13-8-10-18(3)16-23)27(26)31(7-2)28(24)34/h8-13,16-17H,6-7,14-15H2,1-5H3,(H,29,33). The highest BCUT2D eigenvalue weighted by atomic mass is 16.1. The molecule has 2 aromatic carbocycles. The van der Waals surface area contributed by atoms with Gasteiger partial charge in [-0.1, -0.05) is 31.2 Å². The van der Waals surface area contributed by atoms with Crippen molar-refractivity contribution >= 4 is 22.6 Å². The van der Waals surface area contributed by atoms with Gasteiger partial charge in [-0.25, -0.2) is 4.68 Å². The predicted octanol–water partition coefficient (Wildman–Crippen LogP) is 5.27. The fourth-order valence-corrected chi connectivity index (χ4v) is 4.63. The number of rotatable bonds is 7. The first kappa shape index (κ1) is 23.5. The molecule has 0 bridgehead atoms. The molecule has 1 amide bonds. The highest BCUT2D eigenvalue weighted by molar-refractivity contribution is 5.91. The molecule has 0 unspecified atom stereocenters. The van der Waals surface area contributed by atoms with E-state index >= 15 is 0 Å². The number of pyridine rings is 1. The van der Waals surface area contributed by atoms with E-state index in [1.807, 2.05) is 74.8 Å². The first-order chi connectivity index (χ1) is 16.3. The lowest BCUT2D eigenvalue weighted by atomic mass is 10.0. The number of nitrogens with zero attached hydrogens (tertiary/aromatic N) is 3. The molecule has 0 fully saturated rings. The highest BCUT2D eigenvalue weighted by Gasteiger charge is 2.21. The minimum absolute atomic E-state index is 0.0536. The molecule has 4 aromatic rings. The summed E-state index contributed by atoms with van der Waals surface area (Å²) in [5.74, 6) is -0.0950. The predicted molar refractivity (Wildman–Crippen MR) is 138 cm³/mol. The van der Waals surface area contributed by atoms with E-state index in [9.17, 15) is 9.59 Å². The number of fused-ring (bicyclic) bond motifs is 1. The Balaban J connectivity index is 1.69. The number of hydrogen-bond donors (Lipinski definition) is 1. The molecule has 2 heterocycles. The fraction of sp³-hybridized carbons (Fsp3) is 0.321. The van der Waals surface area contributed by atoms with Crippen LogP contribution in [0.1, 0.15) is 48.2 Å². The summed E-state index contributed by atoms with van der Waals surface area (Å²) in [4.78, 5) is 26.2. The zero-order valence-corrected chi connectivity index (χ0v) is 20.6. The van der Waals surface area contributed by atoms with E-state index in [2.05, 4.69) is 18.3 Å². The average Bonchev–Trinajstić information content (AvgIpc) is 3.16. The van der Waals surface area contributed by atoms with Gasteiger partial charge in [0.15, 0.2) is 0 Å². The number of carbonyl (C=O) groups is 1. The highest BCUT2D eigenvalue weighted by Crippen LogP contribution is 2.26. The van der Waals surface area contributed by atoms with Crippen LogP contribution < -0.4 is 10.9 Å². The Bertz CT molecular complexity index is 1430. The second-order valence-electron chi connectivity index (χ2n) is 8.79. The van der Waals surface area contributed by atoms with Crippen LogP contribution in [0.25, 0.3) is 16.7 Å². The lowest BCUT2D eigenvalue weighted by Crippen LogP contribution is -2.27. The summed E-state index contributed by atoms with van der Waals surface area (Å²) >= 11 is 0. The van der Waals surface area contributed by atoms with Gasteiger partial charge in [0.1, 0.15) is 5.65 Å². The summed E-state index contributed by atoms with van der Waals surface area (Å²) in [7, 11) is 0. The zero-order valence-electron chi connectivity index (χ0n) is 20.6. The Labute approximate surface area is 200 Å². The lowest BCUT2D eigenvalue weighted by molar-refractivity contribution is -0.116. The van der Waals surface area contributed by atoms with Gasteiger partial charge in [0.05, 0.1) is 11.4 Å². The van der Waals surface area contributed by atoms with Crippen LogP contribution in [-0.2, 0) is 24.2 Å². The number of anilines is 1. The van der Waals surface area contributed by atoms with Gasteiger partial charge in [-0.15, -0.1) is 0 Å². The van der Waals surface area contributed by atoms with E-state index in [-0.39, 0.29) is 17.9 Å². The maximum Gasteiger partial charge on any atom is 0.255 e. The Morgan fingerprint density at radius 2 is 1.79 bits per heavy atom. The van der Waals surface area contributed by atoms with E-state index in [1.54, 1.807) is 4.57 Å². The third kappa shape index (κ3) is 4.40. The van der Waals surface area contributed by atoms with Crippen molar-refractivity contribution < 1.29 is 4.79 Å². The van der Waals surface area contributed by atoms with Crippen molar-refractivity contribution in [3.05, 3.63) is 86.8 Å². The molecule has 0 aliphatic heterocycles. The number of aryl methyl sites for hydroxylation is 5. The Morgan fingerprint density at radius 1 is 1.03 bits per heavy atom. The second kappa shape index (κ2) is 9.67. The van der Waals surface area contributed by atoms with Gasteiger partial charge < -0.3 is 5.32 Å². The quantitative estimate of drug-likeness (QED) is 0.412.